The first-order chi connectivity index (χ1) is 9.92. The van der Waals surface area contributed by atoms with E-state index in [9.17, 15) is 13.2 Å². The Balaban J connectivity index is 2.28. The average molecular weight is 303 g/mol. The largest absolute Gasteiger partial charge is 0.399 e. The van der Waals surface area contributed by atoms with Crippen molar-refractivity contribution in [3.63, 3.8) is 0 Å². The molecule has 21 heavy (non-hydrogen) atoms. The number of rotatable bonds is 5. The van der Waals surface area contributed by atoms with Crippen molar-refractivity contribution in [3.8, 4) is 0 Å². The van der Waals surface area contributed by atoms with Crippen LogP contribution in [-0.2, 0) is 10.0 Å². The smallest absolute Gasteiger partial charge is 0.261 e. The van der Waals surface area contributed by atoms with Gasteiger partial charge in [0.25, 0.3) is 10.0 Å². The van der Waals surface area contributed by atoms with E-state index in [-0.39, 0.29) is 17.1 Å². The number of nitrogen functional groups attached to an aromatic ring is 1. The van der Waals surface area contributed by atoms with Crippen LogP contribution in [-0.4, -0.2) is 14.2 Å². The van der Waals surface area contributed by atoms with Gasteiger partial charge in [-0.1, -0.05) is 12.1 Å². The number of ketones is 1. The highest BCUT2D eigenvalue weighted by Crippen LogP contribution is 2.18. The Kier molecular flexibility index (Phi) is 4.18. The van der Waals surface area contributed by atoms with Crippen molar-refractivity contribution in [1.82, 2.24) is 0 Å². The van der Waals surface area contributed by atoms with E-state index in [2.05, 4.69) is 11.6 Å². The SMILES string of the molecule is [CH2+]CC(=O)c1cccc(NS(=O)(=O)c2ccc(N)cc2)c1. The van der Waals surface area contributed by atoms with Crippen LogP contribution in [0.25, 0.3) is 0 Å². The Morgan fingerprint density at radius 3 is 2.43 bits per heavy atom. The number of hydrogen-bond donors (Lipinski definition) is 2. The Labute approximate surface area is 123 Å². The van der Waals surface area contributed by atoms with E-state index in [0.29, 0.717) is 16.9 Å². The van der Waals surface area contributed by atoms with Crippen LogP contribution in [0.3, 0.4) is 0 Å². The standard InChI is InChI=1S/C15H15N2O3S/c1-2-15(18)11-4-3-5-13(10-11)17-21(19,20)14-8-6-12(16)7-9-14/h3-10,17H,1-2,16H2/q+1. The lowest BCUT2D eigenvalue weighted by atomic mass is 10.1. The molecule has 0 atom stereocenters. The molecule has 0 saturated carbocycles. The second-order valence-electron chi connectivity index (χ2n) is 4.43. The Morgan fingerprint density at radius 1 is 1.14 bits per heavy atom. The minimum Gasteiger partial charge on any atom is -0.399 e. The minimum atomic E-state index is -3.71. The van der Waals surface area contributed by atoms with Crippen LogP contribution < -0.4 is 10.5 Å². The number of carbonyl (C=O) groups excluding carboxylic acids is 1. The van der Waals surface area contributed by atoms with E-state index in [1.807, 2.05) is 0 Å². The Bertz CT molecular complexity index is 753. The van der Waals surface area contributed by atoms with Crippen molar-refractivity contribution in [2.24, 2.45) is 0 Å². The molecule has 0 aromatic heterocycles. The van der Waals surface area contributed by atoms with Crippen LogP contribution in [0.4, 0.5) is 11.4 Å². The second kappa shape index (κ2) is 5.88. The first kappa shape index (κ1) is 14.9. The highest BCUT2D eigenvalue weighted by Gasteiger charge is 2.15. The van der Waals surface area contributed by atoms with E-state index < -0.39 is 10.0 Å². The van der Waals surface area contributed by atoms with Gasteiger partial charge in [0, 0.05) is 16.9 Å². The van der Waals surface area contributed by atoms with Crippen molar-refractivity contribution in [3.05, 3.63) is 61.0 Å². The molecular formula is C15H15N2O3S+. The molecule has 0 amide bonds. The summed E-state index contributed by atoms with van der Waals surface area (Å²) in [7, 11) is -3.71. The van der Waals surface area contributed by atoms with Crippen molar-refractivity contribution in [2.45, 2.75) is 11.3 Å². The fraction of sp³-hybridized carbons (Fsp3) is 0.0667. The summed E-state index contributed by atoms with van der Waals surface area (Å²) >= 11 is 0. The topological polar surface area (TPSA) is 89.3 Å². The Morgan fingerprint density at radius 2 is 1.81 bits per heavy atom. The molecule has 2 aromatic rings. The molecule has 5 nitrogen and oxygen atoms in total. The van der Waals surface area contributed by atoms with Crippen LogP contribution in [0.5, 0.6) is 0 Å². The lowest BCUT2D eigenvalue weighted by Crippen LogP contribution is -2.13. The van der Waals surface area contributed by atoms with Crippen molar-refractivity contribution in [1.29, 1.82) is 0 Å². The quantitative estimate of drug-likeness (QED) is 0.504. The van der Waals surface area contributed by atoms with Gasteiger partial charge in [0.2, 0.25) is 5.78 Å². The molecule has 0 unspecified atom stereocenters. The predicted molar refractivity (Wildman–Crippen MR) is 82.4 cm³/mol. The second-order valence-corrected chi connectivity index (χ2v) is 6.11. The highest BCUT2D eigenvalue weighted by molar-refractivity contribution is 7.92. The highest BCUT2D eigenvalue weighted by atomic mass is 32.2. The van der Waals surface area contributed by atoms with Crippen LogP contribution in [0, 0.1) is 6.92 Å². The van der Waals surface area contributed by atoms with Gasteiger partial charge < -0.3 is 5.73 Å². The number of carbonyl (C=O) groups is 1. The maximum Gasteiger partial charge on any atom is 0.261 e. The van der Waals surface area contributed by atoms with Gasteiger partial charge in [-0.25, -0.2) is 8.42 Å². The molecule has 0 bridgehead atoms. The van der Waals surface area contributed by atoms with E-state index >= 15 is 0 Å². The maximum atomic E-state index is 12.2. The van der Waals surface area contributed by atoms with E-state index in [1.165, 1.54) is 30.3 Å². The molecule has 0 spiro atoms. The monoisotopic (exact) mass is 303 g/mol. The fourth-order valence-electron chi connectivity index (χ4n) is 1.76. The van der Waals surface area contributed by atoms with Gasteiger partial charge in [0.1, 0.15) is 6.42 Å². The van der Waals surface area contributed by atoms with E-state index in [1.54, 1.807) is 18.2 Å². The van der Waals surface area contributed by atoms with Gasteiger partial charge in [-0.2, -0.15) is 0 Å². The van der Waals surface area contributed by atoms with Gasteiger partial charge in [-0.3, -0.25) is 9.52 Å². The Hall–Kier alpha value is -2.47. The lowest BCUT2D eigenvalue weighted by Gasteiger charge is -2.09. The van der Waals surface area contributed by atoms with Crippen LogP contribution in [0.15, 0.2) is 53.4 Å². The zero-order valence-electron chi connectivity index (χ0n) is 11.2. The zero-order valence-corrected chi connectivity index (χ0v) is 12.1. The zero-order chi connectivity index (χ0) is 15.5. The summed E-state index contributed by atoms with van der Waals surface area (Å²) in [5.41, 5.74) is 6.76. The number of Topliss-reactive ketones (excluding diaryl/α,β-unsaturated/α-hetero) is 1. The number of sulfonamides is 1. The summed E-state index contributed by atoms with van der Waals surface area (Å²) in [6.07, 6.45) is 0.119. The summed E-state index contributed by atoms with van der Waals surface area (Å²) in [6, 6.07) is 12.2. The summed E-state index contributed by atoms with van der Waals surface area (Å²) in [4.78, 5) is 11.7. The van der Waals surface area contributed by atoms with Gasteiger partial charge in [0.15, 0.2) is 0 Å². The maximum absolute atomic E-state index is 12.2. The molecule has 3 N–H and O–H groups in total. The van der Waals surface area contributed by atoms with Crippen molar-refractivity contribution < 1.29 is 13.2 Å². The van der Waals surface area contributed by atoms with Crippen molar-refractivity contribution in [2.75, 3.05) is 10.5 Å². The summed E-state index contributed by atoms with van der Waals surface area (Å²) in [5.74, 6) is -0.150. The van der Waals surface area contributed by atoms with Crippen LogP contribution in [0.1, 0.15) is 16.8 Å². The normalized spacial score (nSPS) is 11.0. The lowest BCUT2D eigenvalue weighted by molar-refractivity contribution is 0.0995. The number of hydrogen-bond acceptors (Lipinski definition) is 4. The van der Waals surface area contributed by atoms with Crippen molar-refractivity contribution >= 4 is 27.2 Å². The minimum absolute atomic E-state index is 0.102. The molecule has 0 heterocycles. The predicted octanol–water partition coefficient (Wildman–Crippen LogP) is 2.48. The van der Waals surface area contributed by atoms with Gasteiger partial charge in [-0.15, -0.1) is 0 Å². The first-order valence-electron chi connectivity index (χ1n) is 6.23. The van der Waals surface area contributed by atoms with Crippen LogP contribution >= 0.6 is 0 Å². The van der Waals surface area contributed by atoms with Crippen LogP contribution in [0.2, 0.25) is 0 Å². The summed E-state index contributed by atoms with van der Waals surface area (Å²) in [5, 5.41) is 0. The number of anilines is 2. The molecule has 0 saturated heterocycles. The molecule has 2 rings (SSSR count). The first-order valence-corrected chi connectivity index (χ1v) is 7.71. The molecule has 0 fully saturated rings. The van der Waals surface area contributed by atoms with E-state index in [0.717, 1.165) is 0 Å². The molecule has 0 aliphatic rings. The van der Waals surface area contributed by atoms with Gasteiger partial charge >= 0.3 is 0 Å². The third kappa shape index (κ3) is 3.55. The molecule has 0 aliphatic carbocycles. The number of benzene rings is 2. The third-order valence-electron chi connectivity index (χ3n) is 2.85. The fourth-order valence-corrected chi connectivity index (χ4v) is 2.81. The van der Waals surface area contributed by atoms with E-state index in [4.69, 9.17) is 5.73 Å². The molecule has 6 heteroatoms. The summed E-state index contributed by atoms with van der Waals surface area (Å²) < 4.78 is 26.9. The average Bonchev–Trinajstić information content (AvgIpc) is 2.46. The van der Waals surface area contributed by atoms with Gasteiger partial charge in [-0.05, 0) is 36.4 Å². The number of nitrogens with two attached hydrogens (primary N) is 1. The molecule has 2 aromatic carbocycles. The number of nitrogens with one attached hydrogen (secondary N) is 1. The molecule has 0 aliphatic heterocycles. The molecular weight excluding hydrogens is 288 g/mol. The molecule has 0 radical (unpaired) electrons. The molecule has 108 valence electrons. The summed E-state index contributed by atoms with van der Waals surface area (Å²) in [6.45, 7) is 3.52. The third-order valence-corrected chi connectivity index (χ3v) is 4.25. The van der Waals surface area contributed by atoms with Gasteiger partial charge in [0.05, 0.1) is 11.8 Å².